The van der Waals surface area contributed by atoms with E-state index in [9.17, 15) is 9.59 Å². The van der Waals surface area contributed by atoms with E-state index in [4.69, 9.17) is 0 Å². The van der Waals surface area contributed by atoms with Gasteiger partial charge in [-0.1, -0.05) is 29.5 Å². The van der Waals surface area contributed by atoms with Crippen molar-refractivity contribution in [3.63, 3.8) is 0 Å². The number of rotatable bonds is 7. The van der Waals surface area contributed by atoms with Crippen molar-refractivity contribution in [1.29, 1.82) is 0 Å². The molecule has 2 N–H and O–H groups in total. The number of thioether (sulfide) groups is 1. The molecule has 0 saturated carbocycles. The summed E-state index contributed by atoms with van der Waals surface area (Å²) in [6.07, 6.45) is 3.43. The van der Waals surface area contributed by atoms with E-state index in [2.05, 4.69) is 31.9 Å². The van der Waals surface area contributed by atoms with Gasteiger partial charge in [-0.15, -0.1) is 10.2 Å². The van der Waals surface area contributed by atoms with Crippen LogP contribution in [-0.2, 0) is 9.59 Å². The number of amides is 2. The van der Waals surface area contributed by atoms with Crippen molar-refractivity contribution in [3.8, 4) is 17.1 Å². The van der Waals surface area contributed by atoms with Gasteiger partial charge < -0.3 is 10.6 Å². The predicted molar refractivity (Wildman–Crippen MR) is 112 cm³/mol. The smallest absolute Gasteiger partial charge is 0.239 e. The lowest BCUT2D eigenvalue weighted by Gasteiger charge is -2.13. The van der Waals surface area contributed by atoms with Gasteiger partial charge in [0.15, 0.2) is 11.0 Å². The molecule has 0 bridgehead atoms. The van der Waals surface area contributed by atoms with Crippen molar-refractivity contribution in [2.45, 2.75) is 19.0 Å². The van der Waals surface area contributed by atoms with Crippen molar-refractivity contribution in [3.05, 3.63) is 53.9 Å². The maximum absolute atomic E-state index is 12.1. The molecule has 150 valence electrons. The lowest BCUT2D eigenvalue weighted by molar-refractivity contribution is -0.124. The monoisotopic (exact) mass is 410 g/mol. The zero-order chi connectivity index (χ0) is 20.8. The molecular formula is C20H22N6O2S. The largest absolute Gasteiger partial charge is 0.358 e. The van der Waals surface area contributed by atoms with Crippen LogP contribution in [0.3, 0.4) is 0 Å². The number of hydrogen-bond donors (Lipinski definition) is 2. The highest BCUT2D eigenvalue weighted by Crippen LogP contribution is 2.29. The van der Waals surface area contributed by atoms with Gasteiger partial charge in [0.05, 0.1) is 18.0 Å². The summed E-state index contributed by atoms with van der Waals surface area (Å²) in [5.41, 5.74) is 3.99. The molecule has 8 nitrogen and oxygen atoms in total. The Hall–Kier alpha value is -3.20. The molecule has 3 aromatic rings. The van der Waals surface area contributed by atoms with Crippen molar-refractivity contribution in [2.75, 3.05) is 19.3 Å². The van der Waals surface area contributed by atoms with E-state index < -0.39 is 0 Å². The molecule has 0 spiro atoms. The number of nitrogens with zero attached hydrogens (tertiary/aromatic N) is 4. The third-order valence-corrected chi connectivity index (χ3v) is 5.13. The molecule has 0 radical (unpaired) electrons. The second-order valence-corrected chi connectivity index (χ2v) is 7.35. The van der Waals surface area contributed by atoms with Crippen LogP contribution >= 0.6 is 11.8 Å². The van der Waals surface area contributed by atoms with Crippen LogP contribution < -0.4 is 10.6 Å². The summed E-state index contributed by atoms with van der Waals surface area (Å²) in [7, 11) is 1.52. The molecule has 2 heterocycles. The van der Waals surface area contributed by atoms with E-state index in [0.29, 0.717) is 11.0 Å². The minimum Gasteiger partial charge on any atom is -0.358 e. The first-order valence-electron chi connectivity index (χ1n) is 9.03. The van der Waals surface area contributed by atoms with E-state index in [-0.39, 0.29) is 24.1 Å². The topological polar surface area (TPSA) is 102 Å². The average molecular weight is 411 g/mol. The van der Waals surface area contributed by atoms with E-state index in [0.717, 1.165) is 22.4 Å². The lowest BCUT2D eigenvalue weighted by Crippen LogP contribution is -2.36. The Balaban J connectivity index is 1.90. The summed E-state index contributed by atoms with van der Waals surface area (Å²) >= 11 is 1.26. The van der Waals surface area contributed by atoms with Crippen LogP contribution in [0.2, 0.25) is 0 Å². The minimum absolute atomic E-state index is 0.0550. The number of nitrogens with one attached hydrogen (secondary N) is 2. The quantitative estimate of drug-likeness (QED) is 0.577. The summed E-state index contributed by atoms with van der Waals surface area (Å²) in [5.74, 6) is 0.267. The molecule has 0 aliphatic heterocycles. The number of aromatic nitrogens is 4. The predicted octanol–water partition coefficient (Wildman–Crippen LogP) is 1.90. The van der Waals surface area contributed by atoms with Crippen LogP contribution in [0, 0.1) is 13.8 Å². The van der Waals surface area contributed by atoms with Crippen LogP contribution in [0.15, 0.2) is 47.9 Å². The van der Waals surface area contributed by atoms with Gasteiger partial charge >= 0.3 is 0 Å². The zero-order valence-corrected chi connectivity index (χ0v) is 17.3. The summed E-state index contributed by atoms with van der Waals surface area (Å²) in [4.78, 5) is 27.6. The Labute approximate surface area is 173 Å². The molecule has 2 aromatic heterocycles. The Morgan fingerprint density at radius 2 is 1.97 bits per heavy atom. The summed E-state index contributed by atoms with van der Waals surface area (Å²) < 4.78 is 1.93. The highest BCUT2D eigenvalue weighted by atomic mass is 32.2. The van der Waals surface area contributed by atoms with Crippen LogP contribution in [0.1, 0.15) is 11.1 Å². The van der Waals surface area contributed by atoms with E-state index in [1.807, 2.05) is 42.7 Å². The summed E-state index contributed by atoms with van der Waals surface area (Å²) in [6, 6.07) is 9.90. The number of aryl methyl sites for hydroxylation is 2. The Morgan fingerprint density at radius 3 is 2.66 bits per heavy atom. The number of hydrogen-bond acceptors (Lipinski definition) is 6. The molecule has 0 unspecified atom stereocenters. The third kappa shape index (κ3) is 5.00. The van der Waals surface area contributed by atoms with Gasteiger partial charge in [-0.2, -0.15) is 0 Å². The normalized spacial score (nSPS) is 10.6. The molecule has 0 atom stereocenters. The van der Waals surface area contributed by atoms with E-state index in [1.165, 1.54) is 18.8 Å². The average Bonchev–Trinajstić information content (AvgIpc) is 3.14. The van der Waals surface area contributed by atoms with Gasteiger partial charge in [0.1, 0.15) is 0 Å². The summed E-state index contributed by atoms with van der Waals surface area (Å²) in [5, 5.41) is 14.3. The molecule has 0 aliphatic carbocycles. The maximum atomic E-state index is 12.1. The van der Waals surface area contributed by atoms with Crippen molar-refractivity contribution in [1.82, 2.24) is 30.4 Å². The number of carbonyl (C=O) groups excluding carboxylic acids is 2. The fourth-order valence-electron chi connectivity index (χ4n) is 2.77. The first kappa shape index (κ1) is 20.5. The first-order chi connectivity index (χ1) is 14.0. The van der Waals surface area contributed by atoms with Crippen molar-refractivity contribution >= 4 is 23.6 Å². The fourth-order valence-corrected chi connectivity index (χ4v) is 3.54. The summed E-state index contributed by atoms with van der Waals surface area (Å²) in [6.45, 7) is 4.01. The number of pyridine rings is 1. The maximum Gasteiger partial charge on any atom is 0.239 e. The van der Waals surface area contributed by atoms with Gasteiger partial charge in [-0.05, 0) is 37.6 Å². The Morgan fingerprint density at radius 1 is 1.14 bits per heavy atom. The Bertz CT molecular complexity index is 1020. The van der Waals surface area contributed by atoms with Crippen LogP contribution in [0.4, 0.5) is 0 Å². The molecule has 0 aliphatic rings. The molecular weight excluding hydrogens is 388 g/mol. The second-order valence-electron chi connectivity index (χ2n) is 6.41. The van der Waals surface area contributed by atoms with Gasteiger partial charge in [-0.25, -0.2) is 0 Å². The van der Waals surface area contributed by atoms with Crippen molar-refractivity contribution in [2.24, 2.45) is 0 Å². The molecule has 0 saturated heterocycles. The molecule has 2 amide bonds. The second kappa shape index (κ2) is 9.33. The number of likely N-dealkylation sites (N-methyl/N-ethyl adjacent to an activating group) is 1. The van der Waals surface area contributed by atoms with Crippen LogP contribution in [-0.4, -0.2) is 50.9 Å². The van der Waals surface area contributed by atoms with Crippen LogP contribution in [0.5, 0.6) is 0 Å². The molecule has 0 fully saturated rings. The van der Waals surface area contributed by atoms with Gasteiger partial charge in [0.2, 0.25) is 11.8 Å². The molecule has 3 rings (SSSR count). The van der Waals surface area contributed by atoms with Gasteiger partial charge in [-0.3, -0.25) is 19.1 Å². The first-order valence-corrected chi connectivity index (χ1v) is 10.0. The third-order valence-electron chi connectivity index (χ3n) is 4.20. The number of benzene rings is 1. The van der Waals surface area contributed by atoms with E-state index >= 15 is 0 Å². The standard InChI is InChI=1S/C20H22N6O2S/c1-13-6-7-16(14(2)9-13)26-19(15-5-4-8-22-10-15)24-25-20(26)29-12-18(28)23-11-17(27)21-3/h4-10H,11-12H2,1-3H3,(H,21,27)(H,23,28). The van der Waals surface area contributed by atoms with Crippen LogP contribution in [0.25, 0.3) is 17.1 Å². The minimum atomic E-state index is -0.253. The SMILES string of the molecule is CNC(=O)CNC(=O)CSc1nnc(-c2cccnc2)n1-c1ccc(C)cc1C. The van der Waals surface area contributed by atoms with E-state index in [1.54, 1.807) is 12.4 Å². The zero-order valence-electron chi connectivity index (χ0n) is 16.5. The van der Waals surface area contributed by atoms with Gasteiger partial charge in [0, 0.05) is 25.0 Å². The molecule has 29 heavy (non-hydrogen) atoms. The highest BCUT2D eigenvalue weighted by Gasteiger charge is 2.19. The van der Waals surface area contributed by atoms with Crippen molar-refractivity contribution < 1.29 is 9.59 Å². The molecule has 1 aromatic carbocycles. The lowest BCUT2D eigenvalue weighted by atomic mass is 10.1. The molecule has 9 heteroatoms. The highest BCUT2D eigenvalue weighted by molar-refractivity contribution is 7.99. The Kier molecular flexibility index (Phi) is 6.61. The van der Waals surface area contributed by atoms with Gasteiger partial charge in [0.25, 0.3) is 0 Å². The number of carbonyl (C=O) groups is 2. The fraction of sp³-hybridized carbons (Fsp3) is 0.250.